The van der Waals surface area contributed by atoms with E-state index in [2.05, 4.69) is 19.1 Å². The summed E-state index contributed by atoms with van der Waals surface area (Å²) in [4.78, 5) is 0. The second-order valence-electron chi connectivity index (χ2n) is 5.58. The van der Waals surface area contributed by atoms with Crippen LogP contribution in [0.3, 0.4) is 0 Å². The summed E-state index contributed by atoms with van der Waals surface area (Å²) in [6.07, 6.45) is 1.01. The Bertz CT molecular complexity index is 789. The molecule has 0 radical (unpaired) electrons. The zero-order valence-electron chi connectivity index (χ0n) is 13.0. The summed E-state index contributed by atoms with van der Waals surface area (Å²) in [5.41, 5.74) is 5.72. The summed E-state index contributed by atoms with van der Waals surface area (Å²) in [6.45, 7) is 2.12. The molecule has 3 aromatic carbocycles. The molecule has 0 saturated heterocycles. The van der Waals surface area contributed by atoms with Gasteiger partial charge in [-0.2, -0.15) is 0 Å². The number of aryl methyl sites for hydroxylation is 1. The first kappa shape index (κ1) is 15.8. The smallest absolute Gasteiger partial charge is 0.131 e. The molecule has 0 aromatic heterocycles. The lowest BCUT2D eigenvalue weighted by atomic mass is 9.98. The standard InChI is InChI=1S/C21H18ClF/c1-2-15-3-7-17(8-4-15)19-11-12-20(21(23)13-19)18-9-5-16(14-22)6-10-18/h3-13H,2,14H2,1H3. The third-order valence-electron chi connectivity index (χ3n) is 4.08. The van der Waals surface area contributed by atoms with Gasteiger partial charge in [-0.3, -0.25) is 0 Å². The molecule has 0 amide bonds. The molecule has 3 aromatic rings. The second kappa shape index (κ2) is 6.97. The first-order valence-corrected chi connectivity index (χ1v) is 8.29. The maximum absolute atomic E-state index is 14.5. The highest BCUT2D eigenvalue weighted by molar-refractivity contribution is 6.17. The largest absolute Gasteiger partial charge is 0.206 e. The molecule has 0 fully saturated rings. The van der Waals surface area contributed by atoms with Gasteiger partial charge in [0, 0.05) is 11.4 Å². The number of benzene rings is 3. The van der Waals surface area contributed by atoms with E-state index in [1.54, 1.807) is 6.07 Å². The Hall–Kier alpha value is -2.12. The molecule has 0 unspecified atom stereocenters. The van der Waals surface area contributed by atoms with Gasteiger partial charge in [-0.05, 0) is 40.3 Å². The van der Waals surface area contributed by atoms with Crippen molar-refractivity contribution in [2.75, 3.05) is 0 Å². The molecule has 3 rings (SSSR count). The maximum atomic E-state index is 14.5. The molecule has 0 atom stereocenters. The molecule has 2 heteroatoms. The Morgan fingerprint density at radius 2 is 1.30 bits per heavy atom. The zero-order valence-corrected chi connectivity index (χ0v) is 13.8. The number of halogens is 2. The van der Waals surface area contributed by atoms with Crippen LogP contribution in [0.1, 0.15) is 18.1 Å². The molecule has 0 heterocycles. The van der Waals surface area contributed by atoms with Crippen LogP contribution in [0.25, 0.3) is 22.3 Å². The Balaban J connectivity index is 1.92. The minimum absolute atomic E-state index is 0.208. The van der Waals surface area contributed by atoms with E-state index in [1.807, 2.05) is 48.5 Å². The van der Waals surface area contributed by atoms with E-state index in [-0.39, 0.29) is 5.82 Å². The Labute approximate surface area is 141 Å². The van der Waals surface area contributed by atoms with Crippen LogP contribution in [-0.4, -0.2) is 0 Å². The van der Waals surface area contributed by atoms with Crippen LogP contribution in [-0.2, 0) is 12.3 Å². The van der Waals surface area contributed by atoms with E-state index < -0.39 is 0 Å². The molecular weight excluding hydrogens is 307 g/mol. The van der Waals surface area contributed by atoms with Gasteiger partial charge in [-0.15, -0.1) is 11.6 Å². The van der Waals surface area contributed by atoms with E-state index in [4.69, 9.17) is 11.6 Å². The lowest BCUT2D eigenvalue weighted by molar-refractivity contribution is 0.632. The Kier molecular flexibility index (Phi) is 4.78. The van der Waals surface area contributed by atoms with Crippen LogP contribution in [0.2, 0.25) is 0 Å². The van der Waals surface area contributed by atoms with E-state index in [0.717, 1.165) is 28.7 Å². The van der Waals surface area contributed by atoms with Gasteiger partial charge in [0.15, 0.2) is 0 Å². The van der Waals surface area contributed by atoms with Gasteiger partial charge < -0.3 is 0 Å². The van der Waals surface area contributed by atoms with E-state index in [0.29, 0.717) is 11.4 Å². The summed E-state index contributed by atoms with van der Waals surface area (Å²) in [7, 11) is 0. The van der Waals surface area contributed by atoms with Crippen LogP contribution in [0, 0.1) is 5.82 Å². The van der Waals surface area contributed by atoms with Crippen LogP contribution in [0.5, 0.6) is 0 Å². The molecule has 0 N–H and O–H groups in total. The van der Waals surface area contributed by atoms with Gasteiger partial charge in [0.25, 0.3) is 0 Å². The number of hydrogen-bond acceptors (Lipinski definition) is 0. The molecule has 0 aliphatic rings. The molecular formula is C21H18ClF. The third-order valence-corrected chi connectivity index (χ3v) is 4.39. The quantitative estimate of drug-likeness (QED) is 0.483. The van der Waals surface area contributed by atoms with Crippen molar-refractivity contribution in [3.05, 3.63) is 83.7 Å². The van der Waals surface area contributed by atoms with Crippen molar-refractivity contribution in [2.45, 2.75) is 19.2 Å². The van der Waals surface area contributed by atoms with Crippen molar-refractivity contribution >= 4 is 11.6 Å². The van der Waals surface area contributed by atoms with Crippen molar-refractivity contribution in [1.82, 2.24) is 0 Å². The molecule has 0 spiro atoms. The minimum Gasteiger partial charge on any atom is -0.206 e. The van der Waals surface area contributed by atoms with E-state index in [9.17, 15) is 4.39 Å². The summed E-state index contributed by atoms with van der Waals surface area (Å²) in [5.74, 6) is 0.260. The highest BCUT2D eigenvalue weighted by Gasteiger charge is 2.07. The van der Waals surface area contributed by atoms with Crippen molar-refractivity contribution in [2.24, 2.45) is 0 Å². The highest BCUT2D eigenvalue weighted by atomic mass is 35.5. The molecule has 0 aliphatic carbocycles. The predicted octanol–water partition coefficient (Wildman–Crippen LogP) is 6.46. The summed E-state index contributed by atoms with van der Waals surface area (Å²) < 4.78 is 14.5. The van der Waals surface area contributed by atoms with Crippen LogP contribution in [0.15, 0.2) is 66.7 Å². The van der Waals surface area contributed by atoms with Gasteiger partial charge in [0.2, 0.25) is 0 Å². The first-order chi connectivity index (χ1) is 11.2. The first-order valence-electron chi connectivity index (χ1n) is 7.75. The average Bonchev–Trinajstić information content (AvgIpc) is 2.62. The summed E-state index contributed by atoms with van der Waals surface area (Å²) in [5, 5.41) is 0. The monoisotopic (exact) mass is 324 g/mol. The lowest BCUT2D eigenvalue weighted by Crippen LogP contribution is -1.88. The fraction of sp³-hybridized carbons (Fsp3) is 0.143. The van der Waals surface area contributed by atoms with Crippen LogP contribution >= 0.6 is 11.6 Å². The van der Waals surface area contributed by atoms with Crippen molar-refractivity contribution in [3.63, 3.8) is 0 Å². The summed E-state index contributed by atoms with van der Waals surface area (Å²) in [6, 6.07) is 21.4. The van der Waals surface area contributed by atoms with E-state index >= 15 is 0 Å². The van der Waals surface area contributed by atoms with Gasteiger partial charge >= 0.3 is 0 Å². The highest BCUT2D eigenvalue weighted by Crippen LogP contribution is 2.28. The van der Waals surface area contributed by atoms with E-state index in [1.165, 1.54) is 5.56 Å². The minimum atomic E-state index is -0.208. The number of rotatable bonds is 4. The summed E-state index contributed by atoms with van der Waals surface area (Å²) >= 11 is 5.79. The normalized spacial score (nSPS) is 10.7. The molecule has 23 heavy (non-hydrogen) atoms. The molecule has 116 valence electrons. The van der Waals surface area contributed by atoms with Crippen molar-refractivity contribution < 1.29 is 4.39 Å². The molecule has 0 nitrogen and oxygen atoms in total. The Morgan fingerprint density at radius 3 is 1.87 bits per heavy atom. The second-order valence-corrected chi connectivity index (χ2v) is 5.84. The number of alkyl halides is 1. The fourth-order valence-corrected chi connectivity index (χ4v) is 2.81. The van der Waals surface area contributed by atoms with Gasteiger partial charge in [-0.1, -0.05) is 67.6 Å². The maximum Gasteiger partial charge on any atom is 0.131 e. The molecule has 0 bridgehead atoms. The third kappa shape index (κ3) is 3.46. The van der Waals surface area contributed by atoms with Gasteiger partial charge in [0.1, 0.15) is 5.82 Å². The predicted molar refractivity (Wildman–Crippen MR) is 96.2 cm³/mol. The van der Waals surface area contributed by atoms with Gasteiger partial charge in [0.05, 0.1) is 0 Å². The zero-order chi connectivity index (χ0) is 16.2. The SMILES string of the molecule is CCc1ccc(-c2ccc(-c3ccc(CCl)cc3)c(F)c2)cc1. The van der Waals surface area contributed by atoms with Crippen LogP contribution in [0.4, 0.5) is 4.39 Å². The topological polar surface area (TPSA) is 0 Å². The average molecular weight is 325 g/mol. The van der Waals surface area contributed by atoms with Crippen molar-refractivity contribution in [3.8, 4) is 22.3 Å². The fourth-order valence-electron chi connectivity index (χ4n) is 2.64. The van der Waals surface area contributed by atoms with Crippen molar-refractivity contribution in [1.29, 1.82) is 0 Å². The Morgan fingerprint density at radius 1 is 0.739 bits per heavy atom. The molecule has 0 aliphatic heterocycles. The van der Waals surface area contributed by atoms with Crippen LogP contribution < -0.4 is 0 Å². The van der Waals surface area contributed by atoms with Gasteiger partial charge in [-0.25, -0.2) is 4.39 Å². The molecule has 0 saturated carbocycles. The number of hydrogen-bond donors (Lipinski definition) is 0. The lowest BCUT2D eigenvalue weighted by Gasteiger charge is -2.08.